The average molecular weight is 322 g/mol. The zero-order chi connectivity index (χ0) is 17.2. The maximum absolute atomic E-state index is 12.3. The van der Waals surface area contributed by atoms with Crippen molar-refractivity contribution in [1.29, 1.82) is 0 Å². The number of carbonyl (C=O) groups excluding carboxylic acids is 1. The first-order chi connectivity index (χ1) is 11.5. The van der Waals surface area contributed by atoms with Crippen LogP contribution in [0.1, 0.15) is 59.2 Å². The molecule has 0 saturated heterocycles. The Bertz CT molecular complexity index is 696. The van der Waals surface area contributed by atoms with Gasteiger partial charge in [-0.3, -0.25) is 4.79 Å². The molecule has 1 atom stereocenters. The fourth-order valence-electron chi connectivity index (χ4n) is 3.39. The van der Waals surface area contributed by atoms with Gasteiger partial charge in [-0.1, -0.05) is 59.7 Å². The quantitative estimate of drug-likeness (QED) is 0.732. The average Bonchev–Trinajstić information content (AvgIpc) is 3.41. The summed E-state index contributed by atoms with van der Waals surface area (Å²) in [6, 6.07) is 15.9. The second-order valence-electron chi connectivity index (χ2n) is 7.21. The van der Waals surface area contributed by atoms with Crippen LogP contribution in [0.2, 0.25) is 0 Å². The number of ketones is 1. The summed E-state index contributed by atoms with van der Waals surface area (Å²) in [7, 11) is 0. The van der Waals surface area contributed by atoms with Crippen LogP contribution in [0.15, 0.2) is 48.5 Å². The van der Waals surface area contributed by atoms with Crippen molar-refractivity contribution in [3.05, 3.63) is 70.8 Å². The molecular formula is C22H26O2. The van der Waals surface area contributed by atoms with E-state index in [1.807, 2.05) is 43.3 Å². The molecule has 0 amide bonds. The molecule has 2 aromatic rings. The second kappa shape index (κ2) is 6.90. The first-order valence-corrected chi connectivity index (χ1v) is 8.88. The summed E-state index contributed by atoms with van der Waals surface area (Å²) < 4.78 is 0. The highest BCUT2D eigenvalue weighted by atomic mass is 16.3. The molecule has 0 spiro atoms. The molecule has 1 saturated carbocycles. The van der Waals surface area contributed by atoms with Crippen molar-refractivity contribution in [1.82, 2.24) is 0 Å². The third-order valence-corrected chi connectivity index (χ3v) is 5.14. The molecule has 1 aliphatic carbocycles. The van der Waals surface area contributed by atoms with Gasteiger partial charge in [0.1, 0.15) is 0 Å². The lowest BCUT2D eigenvalue weighted by atomic mass is 9.83. The molecule has 24 heavy (non-hydrogen) atoms. The van der Waals surface area contributed by atoms with E-state index in [9.17, 15) is 9.90 Å². The molecule has 2 heteroatoms. The highest BCUT2D eigenvalue weighted by Crippen LogP contribution is 2.48. The van der Waals surface area contributed by atoms with Crippen LogP contribution in [-0.2, 0) is 5.60 Å². The maximum atomic E-state index is 12.3. The van der Waals surface area contributed by atoms with Crippen LogP contribution < -0.4 is 0 Å². The van der Waals surface area contributed by atoms with Crippen molar-refractivity contribution in [3.8, 4) is 0 Å². The molecule has 0 radical (unpaired) electrons. The first kappa shape index (κ1) is 16.9. The van der Waals surface area contributed by atoms with Gasteiger partial charge in [0.15, 0.2) is 5.78 Å². The molecule has 1 N–H and O–H groups in total. The molecule has 0 aliphatic heterocycles. The Morgan fingerprint density at radius 3 is 2.08 bits per heavy atom. The van der Waals surface area contributed by atoms with Crippen molar-refractivity contribution in [2.24, 2.45) is 5.92 Å². The van der Waals surface area contributed by atoms with Crippen molar-refractivity contribution in [2.45, 2.75) is 51.6 Å². The first-order valence-electron chi connectivity index (χ1n) is 8.88. The van der Waals surface area contributed by atoms with Crippen molar-refractivity contribution >= 4 is 5.78 Å². The fraction of sp³-hybridized carbons (Fsp3) is 0.409. The Labute approximate surface area is 144 Å². The van der Waals surface area contributed by atoms with Gasteiger partial charge in [0.2, 0.25) is 0 Å². The minimum atomic E-state index is -0.777. The van der Waals surface area contributed by atoms with Gasteiger partial charge < -0.3 is 5.11 Å². The number of Topliss-reactive ketones (excluding diaryl/α,β-unsaturated/α-hetero) is 1. The van der Waals surface area contributed by atoms with E-state index in [2.05, 4.69) is 19.1 Å². The van der Waals surface area contributed by atoms with E-state index < -0.39 is 5.60 Å². The Balaban J connectivity index is 1.63. The second-order valence-corrected chi connectivity index (χ2v) is 7.21. The molecule has 0 bridgehead atoms. The summed E-state index contributed by atoms with van der Waals surface area (Å²) in [5, 5.41) is 11.2. The SMILES string of the molecule is Cc1ccc(C(=O)CCCC(O)(c2ccc(C)cc2)C2CC2)cc1. The largest absolute Gasteiger partial charge is 0.385 e. The number of hydrogen-bond acceptors (Lipinski definition) is 2. The van der Waals surface area contributed by atoms with E-state index in [1.165, 1.54) is 5.56 Å². The zero-order valence-electron chi connectivity index (χ0n) is 14.6. The van der Waals surface area contributed by atoms with Crippen LogP contribution in [-0.4, -0.2) is 10.9 Å². The maximum Gasteiger partial charge on any atom is 0.162 e. The molecule has 2 aromatic carbocycles. The highest BCUT2D eigenvalue weighted by molar-refractivity contribution is 5.96. The molecule has 1 aliphatic rings. The number of rotatable bonds is 7. The number of aliphatic hydroxyl groups is 1. The Kier molecular flexibility index (Phi) is 4.86. The van der Waals surface area contributed by atoms with Crippen LogP contribution in [0.4, 0.5) is 0 Å². The van der Waals surface area contributed by atoms with Gasteiger partial charge in [-0.25, -0.2) is 0 Å². The molecule has 0 heterocycles. The third-order valence-electron chi connectivity index (χ3n) is 5.14. The molecule has 1 unspecified atom stereocenters. The van der Waals surface area contributed by atoms with Crippen molar-refractivity contribution in [3.63, 3.8) is 0 Å². The molecule has 2 nitrogen and oxygen atoms in total. The van der Waals surface area contributed by atoms with Gasteiger partial charge in [-0.15, -0.1) is 0 Å². The van der Waals surface area contributed by atoms with Gasteiger partial charge in [0.25, 0.3) is 0 Å². The summed E-state index contributed by atoms with van der Waals surface area (Å²) in [5.41, 5.74) is 3.35. The van der Waals surface area contributed by atoms with E-state index in [0.29, 0.717) is 25.2 Å². The van der Waals surface area contributed by atoms with Crippen LogP contribution in [0.3, 0.4) is 0 Å². The van der Waals surface area contributed by atoms with Crippen LogP contribution in [0.25, 0.3) is 0 Å². The fourth-order valence-corrected chi connectivity index (χ4v) is 3.39. The van der Waals surface area contributed by atoms with E-state index in [4.69, 9.17) is 0 Å². The van der Waals surface area contributed by atoms with Crippen molar-refractivity contribution in [2.75, 3.05) is 0 Å². The smallest absolute Gasteiger partial charge is 0.162 e. The van der Waals surface area contributed by atoms with Crippen LogP contribution in [0, 0.1) is 19.8 Å². The standard InChI is InChI=1S/C22H26O2/c1-16-5-9-18(10-6-16)21(23)4-3-15-22(24,20-13-14-20)19-11-7-17(2)8-12-19/h5-12,20,24H,3-4,13-15H2,1-2H3. The van der Waals surface area contributed by atoms with E-state index >= 15 is 0 Å². The Morgan fingerprint density at radius 1 is 1.00 bits per heavy atom. The predicted octanol–water partition coefficient (Wildman–Crippen LogP) is 4.95. The molecular weight excluding hydrogens is 296 g/mol. The summed E-state index contributed by atoms with van der Waals surface area (Å²) >= 11 is 0. The number of benzene rings is 2. The van der Waals surface area contributed by atoms with E-state index in [1.54, 1.807) is 0 Å². The van der Waals surface area contributed by atoms with E-state index in [-0.39, 0.29) is 5.78 Å². The van der Waals surface area contributed by atoms with Gasteiger partial charge in [-0.05, 0) is 51.0 Å². The van der Waals surface area contributed by atoms with Gasteiger partial charge in [-0.2, -0.15) is 0 Å². The topological polar surface area (TPSA) is 37.3 Å². The minimum Gasteiger partial charge on any atom is -0.385 e. The summed E-state index contributed by atoms with van der Waals surface area (Å²) in [6.45, 7) is 4.08. The molecule has 1 fully saturated rings. The number of aryl methyl sites for hydroxylation is 2. The summed E-state index contributed by atoms with van der Waals surface area (Å²) in [5.74, 6) is 0.506. The monoisotopic (exact) mass is 322 g/mol. The lowest BCUT2D eigenvalue weighted by Crippen LogP contribution is -2.28. The number of carbonyl (C=O) groups is 1. The third kappa shape index (κ3) is 3.76. The molecule has 0 aromatic heterocycles. The molecule has 3 rings (SSSR count). The van der Waals surface area contributed by atoms with Gasteiger partial charge in [0, 0.05) is 12.0 Å². The van der Waals surface area contributed by atoms with Gasteiger partial charge >= 0.3 is 0 Å². The van der Waals surface area contributed by atoms with Crippen LogP contribution >= 0.6 is 0 Å². The Morgan fingerprint density at radius 2 is 1.54 bits per heavy atom. The molecule has 126 valence electrons. The van der Waals surface area contributed by atoms with Gasteiger partial charge in [0.05, 0.1) is 5.60 Å². The van der Waals surface area contributed by atoms with E-state index in [0.717, 1.165) is 29.5 Å². The predicted molar refractivity (Wildman–Crippen MR) is 97.2 cm³/mol. The lowest BCUT2D eigenvalue weighted by molar-refractivity contribution is 0.00205. The minimum absolute atomic E-state index is 0.164. The van der Waals surface area contributed by atoms with Crippen LogP contribution in [0.5, 0.6) is 0 Å². The summed E-state index contributed by atoms with van der Waals surface area (Å²) in [6.07, 6.45) is 4.02. The zero-order valence-corrected chi connectivity index (χ0v) is 14.6. The summed E-state index contributed by atoms with van der Waals surface area (Å²) in [4.78, 5) is 12.3. The normalized spacial score (nSPS) is 16.6. The number of hydrogen-bond donors (Lipinski definition) is 1. The van der Waals surface area contributed by atoms with Crippen molar-refractivity contribution < 1.29 is 9.90 Å². The lowest BCUT2D eigenvalue weighted by Gasteiger charge is -2.29. The highest BCUT2D eigenvalue weighted by Gasteiger charge is 2.44. The Hall–Kier alpha value is -1.93.